The second-order valence-electron chi connectivity index (χ2n) is 4.39. The molecule has 0 amide bonds. The summed E-state index contributed by atoms with van der Waals surface area (Å²) in [5.74, 6) is 0. The van der Waals surface area contributed by atoms with Crippen LogP contribution in [0.5, 0.6) is 0 Å². The normalized spacial score (nSPS) is 19.0. The molecular formula is C11H16ClN3O2S. The molecule has 100 valence electrons. The van der Waals surface area contributed by atoms with Gasteiger partial charge in [0.25, 0.3) is 0 Å². The molecule has 5 nitrogen and oxygen atoms in total. The molecule has 0 aromatic heterocycles. The summed E-state index contributed by atoms with van der Waals surface area (Å²) in [7, 11) is -1.48. The predicted molar refractivity (Wildman–Crippen MR) is 72.1 cm³/mol. The number of sulfonamides is 1. The fourth-order valence-corrected chi connectivity index (χ4v) is 3.54. The van der Waals surface area contributed by atoms with Gasteiger partial charge in [0, 0.05) is 26.2 Å². The van der Waals surface area contributed by atoms with Crippen molar-refractivity contribution in [2.75, 3.05) is 39.0 Å². The fourth-order valence-electron chi connectivity index (χ4n) is 1.85. The second kappa shape index (κ2) is 5.05. The highest BCUT2D eigenvalue weighted by molar-refractivity contribution is 7.89. The Morgan fingerprint density at radius 1 is 1.22 bits per heavy atom. The van der Waals surface area contributed by atoms with Crippen LogP contribution in [0.1, 0.15) is 0 Å². The van der Waals surface area contributed by atoms with E-state index in [0.29, 0.717) is 18.8 Å². The van der Waals surface area contributed by atoms with Gasteiger partial charge in [-0.15, -0.1) is 0 Å². The Bertz CT molecular complexity index is 539. The lowest BCUT2D eigenvalue weighted by atomic mass is 10.3. The summed E-state index contributed by atoms with van der Waals surface area (Å²) in [6, 6.07) is 4.42. The molecule has 1 saturated heterocycles. The first-order valence-corrected chi connectivity index (χ1v) is 7.47. The number of piperazine rings is 1. The Labute approximate surface area is 112 Å². The van der Waals surface area contributed by atoms with Gasteiger partial charge in [-0.25, -0.2) is 8.42 Å². The Balaban J connectivity index is 2.27. The standard InChI is InChI=1S/C11H16ClN3O2S/c1-14-4-6-15(7-5-14)18(16,17)9-2-3-11(13)10(12)8-9/h2-3,8H,4-7,13H2,1H3. The van der Waals surface area contributed by atoms with Crippen LogP contribution in [0.3, 0.4) is 0 Å². The van der Waals surface area contributed by atoms with E-state index < -0.39 is 10.0 Å². The van der Waals surface area contributed by atoms with Crippen LogP contribution in [-0.4, -0.2) is 50.8 Å². The lowest BCUT2D eigenvalue weighted by molar-refractivity contribution is 0.222. The van der Waals surface area contributed by atoms with E-state index in [1.54, 1.807) is 0 Å². The molecule has 0 aliphatic carbocycles. The van der Waals surface area contributed by atoms with Gasteiger partial charge in [-0.2, -0.15) is 4.31 Å². The van der Waals surface area contributed by atoms with E-state index in [1.165, 1.54) is 22.5 Å². The van der Waals surface area contributed by atoms with Crippen molar-refractivity contribution in [3.63, 3.8) is 0 Å². The molecule has 1 fully saturated rings. The maximum atomic E-state index is 12.4. The molecule has 1 heterocycles. The van der Waals surface area contributed by atoms with Crippen LogP contribution in [0.15, 0.2) is 23.1 Å². The molecular weight excluding hydrogens is 274 g/mol. The number of nitrogens with zero attached hydrogens (tertiary/aromatic N) is 2. The van der Waals surface area contributed by atoms with Gasteiger partial charge >= 0.3 is 0 Å². The Morgan fingerprint density at radius 3 is 2.39 bits per heavy atom. The van der Waals surface area contributed by atoms with Crippen molar-refractivity contribution in [2.24, 2.45) is 0 Å². The molecule has 0 bridgehead atoms. The van der Waals surface area contributed by atoms with Crippen LogP contribution in [-0.2, 0) is 10.0 Å². The van der Waals surface area contributed by atoms with Gasteiger partial charge in [0.2, 0.25) is 10.0 Å². The van der Waals surface area contributed by atoms with Crippen molar-refractivity contribution >= 4 is 27.3 Å². The average Bonchev–Trinajstić information content (AvgIpc) is 2.33. The lowest BCUT2D eigenvalue weighted by Gasteiger charge is -2.31. The summed E-state index contributed by atoms with van der Waals surface area (Å²) < 4.78 is 26.2. The molecule has 0 unspecified atom stereocenters. The van der Waals surface area contributed by atoms with Crippen LogP contribution >= 0.6 is 11.6 Å². The minimum atomic E-state index is -3.46. The first-order chi connectivity index (χ1) is 8.41. The maximum absolute atomic E-state index is 12.4. The average molecular weight is 290 g/mol. The minimum Gasteiger partial charge on any atom is -0.398 e. The molecule has 2 rings (SSSR count). The smallest absolute Gasteiger partial charge is 0.243 e. The summed E-state index contributed by atoms with van der Waals surface area (Å²) in [4.78, 5) is 2.30. The first kappa shape index (κ1) is 13.6. The quantitative estimate of drug-likeness (QED) is 0.820. The monoisotopic (exact) mass is 289 g/mol. The van der Waals surface area contributed by atoms with Crippen molar-refractivity contribution in [1.82, 2.24) is 9.21 Å². The highest BCUT2D eigenvalue weighted by Gasteiger charge is 2.27. The van der Waals surface area contributed by atoms with Crippen molar-refractivity contribution in [3.05, 3.63) is 23.2 Å². The van der Waals surface area contributed by atoms with Crippen LogP contribution in [0, 0.1) is 0 Å². The first-order valence-electron chi connectivity index (χ1n) is 5.65. The number of hydrogen-bond donors (Lipinski definition) is 1. The van der Waals surface area contributed by atoms with E-state index in [1.807, 2.05) is 7.05 Å². The van der Waals surface area contributed by atoms with E-state index in [9.17, 15) is 8.42 Å². The van der Waals surface area contributed by atoms with Crippen molar-refractivity contribution in [2.45, 2.75) is 4.90 Å². The van der Waals surface area contributed by atoms with Gasteiger partial charge in [-0.1, -0.05) is 11.6 Å². The highest BCUT2D eigenvalue weighted by Crippen LogP contribution is 2.25. The summed E-state index contributed by atoms with van der Waals surface area (Å²) in [5, 5.41) is 0.269. The Kier molecular flexibility index (Phi) is 3.82. The molecule has 7 heteroatoms. The number of benzene rings is 1. The molecule has 0 atom stereocenters. The van der Waals surface area contributed by atoms with Crippen LogP contribution in [0.4, 0.5) is 5.69 Å². The summed E-state index contributed by atoms with van der Waals surface area (Å²) in [6.45, 7) is 2.48. The Morgan fingerprint density at radius 2 is 1.83 bits per heavy atom. The van der Waals surface area contributed by atoms with Crippen LogP contribution in [0.25, 0.3) is 0 Å². The summed E-state index contributed by atoms with van der Waals surface area (Å²) >= 11 is 5.87. The van der Waals surface area contributed by atoms with Gasteiger partial charge in [-0.05, 0) is 25.2 Å². The maximum Gasteiger partial charge on any atom is 0.243 e. The molecule has 2 N–H and O–H groups in total. The SMILES string of the molecule is CN1CCN(S(=O)(=O)c2ccc(N)c(Cl)c2)CC1. The van der Waals surface area contributed by atoms with Crippen molar-refractivity contribution in [1.29, 1.82) is 0 Å². The van der Waals surface area contributed by atoms with E-state index in [-0.39, 0.29) is 9.92 Å². The number of rotatable bonds is 2. The molecule has 1 aromatic carbocycles. The minimum absolute atomic E-state index is 0.200. The molecule has 0 saturated carbocycles. The third-order valence-electron chi connectivity index (χ3n) is 3.07. The number of likely N-dealkylation sites (N-methyl/N-ethyl adjacent to an activating group) is 1. The van der Waals surface area contributed by atoms with Crippen molar-refractivity contribution in [3.8, 4) is 0 Å². The van der Waals surface area contributed by atoms with E-state index in [4.69, 9.17) is 17.3 Å². The molecule has 1 aliphatic heterocycles. The molecule has 1 aromatic rings. The van der Waals surface area contributed by atoms with Gasteiger partial charge in [0.15, 0.2) is 0 Å². The largest absolute Gasteiger partial charge is 0.398 e. The predicted octanol–water partition coefficient (Wildman–Crippen LogP) is 0.858. The number of nitrogens with two attached hydrogens (primary N) is 1. The lowest BCUT2D eigenvalue weighted by Crippen LogP contribution is -2.47. The Hall–Kier alpha value is -0.820. The van der Waals surface area contributed by atoms with Crippen molar-refractivity contribution < 1.29 is 8.42 Å². The molecule has 0 radical (unpaired) electrons. The van der Waals surface area contributed by atoms with E-state index >= 15 is 0 Å². The zero-order valence-corrected chi connectivity index (χ0v) is 11.7. The van der Waals surface area contributed by atoms with Gasteiger partial charge < -0.3 is 10.6 Å². The summed E-state index contributed by atoms with van der Waals surface area (Å²) in [5.41, 5.74) is 5.96. The third-order valence-corrected chi connectivity index (χ3v) is 5.29. The fraction of sp³-hybridized carbons (Fsp3) is 0.455. The number of hydrogen-bond acceptors (Lipinski definition) is 4. The number of anilines is 1. The highest BCUT2D eigenvalue weighted by atomic mass is 35.5. The van der Waals surface area contributed by atoms with Crippen LogP contribution < -0.4 is 5.73 Å². The zero-order valence-electron chi connectivity index (χ0n) is 10.1. The number of nitrogen functional groups attached to an aromatic ring is 1. The van der Waals surface area contributed by atoms with E-state index in [0.717, 1.165) is 13.1 Å². The van der Waals surface area contributed by atoms with E-state index in [2.05, 4.69) is 4.90 Å². The van der Waals surface area contributed by atoms with Gasteiger partial charge in [0.1, 0.15) is 0 Å². The molecule has 0 spiro atoms. The topological polar surface area (TPSA) is 66.6 Å². The third kappa shape index (κ3) is 2.61. The van der Waals surface area contributed by atoms with Gasteiger partial charge in [0.05, 0.1) is 15.6 Å². The molecule has 1 aliphatic rings. The summed E-state index contributed by atoms with van der Waals surface area (Å²) in [6.07, 6.45) is 0. The van der Waals surface area contributed by atoms with Crippen LogP contribution in [0.2, 0.25) is 5.02 Å². The zero-order chi connectivity index (χ0) is 13.3. The molecule has 18 heavy (non-hydrogen) atoms. The van der Waals surface area contributed by atoms with Gasteiger partial charge in [-0.3, -0.25) is 0 Å². The second-order valence-corrected chi connectivity index (χ2v) is 6.74. The number of halogens is 1.